The van der Waals surface area contributed by atoms with Crippen LogP contribution in [0, 0.1) is 5.92 Å². The second-order valence-electron chi connectivity index (χ2n) is 8.20. The number of nitrogens with one attached hydrogen (secondary N) is 1. The Morgan fingerprint density at radius 1 is 1.25 bits per heavy atom. The molecule has 148 valence electrons. The van der Waals surface area contributed by atoms with Crippen molar-refractivity contribution in [2.24, 2.45) is 5.92 Å². The van der Waals surface area contributed by atoms with E-state index in [0.717, 1.165) is 41.7 Å². The van der Waals surface area contributed by atoms with Gasteiger partial charge in [-0.3, -0.25) is 9.36 Å². The van der Waals surface area contributed by atoms with Crippen molar-refractivity contribution >= 4 is 21.6 Å². The van der Waals surface area contributed by atoms with Gasteiger partial charge < -0.3 is 9.84 Å². The molecule has 1 saturated carbocycles. The van der Waals surface area contributed by atoms with Crippen LogP contribution in [0.1, 0.15) is 54.7 Å². The minimum absolute atomic E-state index is 0.169. The molecule has 0 spiro atoms. The third-order valence-corrected chi connectivity index (χ3v) is 7.44. The van der Waals surface area contributed by atoms with Crippen LogP contribution >= 0.6 is 11.3 Å². The maximum absolute atomic E-state index is 13.2. The second-order valence-corrected chi connectivity index (χ2v) is 9.29. The van der Waals surface area contributed by atoms with Gasteiger partial charge in [0.1, 0.15) is 11.1 Å². The fraction of sp³-hybridized carbons (Fsp3) is 0.571. The first kappa shape index (κ1) is 18.1. The lowest BCUT2D eigenvalue weighted by molar-refractivity contribution is 0.315. The number of aryl methyl sites for hydroxylation is 1. The van der Waals surface area contributed by atoms with Crippen LogP contribution in [0.25, 0.3) is 10.2 Å². The van der Waals surface area contributed by atoms with Gasteiger partial charge >= 0.3 is 0 Å². The zero-order valence-corrected chi connectivity index (χ0v) is 16.8. The molecule has 0 saturated heterocycles. The molecule has 1 unspecified atom stereocenters. The number of aromatic nitrogens is 3. The average molecular weight is 399 g/mol. The Bertz CT molecular complexity index is 1000. The van der Waals surface area contributed by atoms with Crippen molar-refractivity contribution in [1.29, 1.82) is 0 Å². The lowest BCUT2D eigenvalue weighted by Gasteiger charge is -2.23. The van der Waals surface area contributed by atoms with Crippen molar-refractivity contribution in [3.63, 3.8) is 0 Å². The first-order chi connectivity index (χ1) is 13.8. The zero-order chi connectivity index (χ0) is 18.9. The van der Waals surface area contributed by atoms with Gasteiger partial charge in [-0.1, -0.05) is 24.4 Å². The van der Waals surface area contributed by atoms with Gasteiger partial charge in [-0.15, -0.1) is 11.3 Å². The lowest BCUT2D eigenvalue weighted by atomic mass is 9.89. The topological polar surface area (TPSA) is 73.0 Å². The Morgan fingerprint density at radius 2 is 2.14 bits per heavy atom. The van der Waals surface area contributed by atoms with E-state index in [4.69, 9.17) is 4.52 Å². The number of rotatable bonds is 5. The number of thiophene rings is 1. The highest BCUT2D eigenvalue weighted by atomic mass is 32.1. The first-order valence-electron chi connectivity index (χ1n) is 10.4. The minimum atomic E-state index is 0.169. The van der Waals surface area contributed by atoms with E-state index in [0.29, 0.717) is 18.5 Å². The fourth-order valence-electron chi connectivity index (χ4n) is 4.73. The van der Waals surface area contributed by atoms with E-state index in [2.05, 4.69) is 15.5 Å². The lowest BCUT2D eigenvalue weighted by Crippen LogP contribution is -2.34. The van der Waals surface area contributed by atoms with E-state index in [1.807, 2.05) is 10.6 Å². The van der Waals surface area contributed by atoms with Gasteiger partial charge in [0.05, 0.1) is 17.4 Å². The molecule has 5 rings (SSSR count). The van der Waals surface area contributed by atoms with Gasteiger partial charge in [0.25, 0.3) is 5.56 Å². The molecule has 2 aliphatic rings. The summed E-state index contributed by atoms with van der Waals surface area (Å²) in [5, 5.41) is 8.41. The third kappa shape index (κ3) is 3.53. The Kier molecular flexibility index (Phi) is 5.03. The molecule has 1 N–H and O–H groups in total. The quantitative estimate of drug-likeness (QED) is 0.710. The molecule has 0 radical (unpaired) electrons. The van der Waals surface area contributed by atoms with E-state index < -0.39 is 0 Å². The third-order valence-electron chi connectivity index (χ3n) is 6.28. The molecule has 28 heavy (non-hydrogen) atoms. The Labute approximate surface area is 168 Å². The van der Waals surface area contributed by atoms with Gasteiger partial charge in [0.15, 0.2) is 0 Å². The summed E-state index contributed by atoms with van der Waals surface area (Å²) in [4.78, 5) is 20.1. The Balaban J connectivity index is 1.35. The van der Waals surface area contributed by atoms with Crippen LogP contribution in [0.2, 0.25) is 0 Å². The summed E-state index contributed by atoms with van der Waals surface area (Å²) in [6.45, 7) is 1.54. The van der Waals surface area contributed by atoms with Crippen LogP contribution in [0.4, 0.5) is 0 Å². The predicted octanol–water partition coefficient (Wildman–Crippen LogP) is 3.67. The highest BCUT2D eigenvalue weighted by Gasteiger charge is 2.25. The maximum atomic E-state index is 13.2. The molecule has 1 atom stereocenters. The Morgan fingerprint density at radius 3 is 2.96 bits per heavy atom. The van der Waals surface area contributed by atoms with Crippen LogP contribution in [-0.2, 0) is 25.9 Å². The van der Waals surface area contributed by atoms with E-state index in [1.165, 1.54) is 42.5 Å². The van der Waals surface area contributed by atoms with Crippen molar-refractivity contribution < 1.29 is 4.52 Å². The molecule has 0 aromatic carbocycles. The molecule has 7 heteroatoms. The molecule has 3 aromatic rings. The Hall–Kier alpha value is -1.99. The van der Waals surface area contributed by atoms with Gasteiger partial charge in [0.2, 0.25) is 0 Å². The van der Waals surface area contributed by atoms with Gasteiger partial charge in [-0.05, 0) is 43.6 Å². The molecule has 0 bridgehead atoms. The van der Waals surface area contributed by atoms with E-state index >= 15 is 0 Å². The van der Waals surface area contributed by atoms with Crippen molar-refractivity contribution in [1.82, 2.24) is 20.0 Å². The predicted molar refractivity (Wildman–Crippen MR) is 110 cm³/mol. The van der Waals surface area contributed by atoms with Crippen LogP contribution in [-0.4, -0.2) is 20.7 Å². The molecular formula is C21H26N4O2S. The van der Waals surface area contributed by atoms with Crippen LogP contribution in [0.15, 0.2) is 28.0 Å². The normalized spacial score (nSPS) is 20.5. The van der Waals surface area contributed by atoms with Crippen molar-refractivity contribution in [3.8, 4) is 0 Å². The number of fused-ring (bicyclic) bond motifs is 3. The largest absolute Gasteiger partial charge is 0.364 e. The summed E-state index contributed by atoms with van der Waals surface area (Å²) < 4.78 is 6.77. The minimum Gasteiger partial charge on any atom is -0.364 e. The molecule has 6 nitrogen and oxygen atoms in total. The van der Waals surface area contributed by atoms with Crippen LogP contribution < -0.4 is 10.9 Å². The highest BCUT2D eigenvalue weighted by Crippen LogP contribution is 2.34. The SMILES string of the molecule is O=c1c2c3c(sc2ncn1CC1CCCCC1)CC(NCc1ccon1)CC3. The summed E-state index contributed by atoms with van der Waals surface area (Å²) >= 11 is 1.70. The molecule has 1 fully saturated rings. The van der Waals surface area contributed by atoms with E-state index in [1.54, 1.807) is 23.9 Å². The maximum Gasteiger partial charge on any atom is 0.262 e. The van der Waals surface area contributed by atoms with E-state index in [-0.39, 0.29) is 5.56 Å². The number of hydrogen-bond donors (Lipinski definition) is 1. The number of hydrogen-bond acceptors (Lipinski definition) is 6. The van der Waals surface area contributed by atoms with Crippen molar-refractivity contribution in [2.45, 2.75) is 70.5 Å². The van der Waals surface area contributed by atoms with Gasteiger partial charge in [0, 0.05) is 30.1 Å². The smallest absolute Gasteiger partial charge is 0.262 e. The summed E-state index contributed by atoms with van der Waals surface area (Å²) in [6.07, 6.45) is 12.7. The standard InChI is InChI=1S/C21H26N4O2S/c26-21-19-17-7-6-15(22-11-16-8-9-27-24-16)10-18(17)28-20(19)23-13-25(21)12-14-4-2-1-3-5-14/h8-9,13-15,22H,1-7,10-12H2. The zero-order valence-electron chi connectivity index (χ0n) is 16.0. The molecule has 3 heterocycles. The van der Waals surface area contributed by atoms with Crippen molar-refractivity contribution in [2.75, 3.05) is 0 Å². The first-order valence-corrected chi connectivity index (χ1v) is 11.2. The fourth-order valence-corrected chi connectivity index (χ4v) is 5.99. The van der Waals surface area contributed by atoms with E-state index in [9.17, 15) is 4.79 Å². The van der Waals surface area contributed by atoms with Crippen molar-refractivity contribution in [3.05, 3.63) is 45.1 Å². The van der Waals surface area contributed by atoms with Gasteiger partial charge in [-0.25, -0.2) is 4.98 Å². The van der Waals surface area contributed by atoms with Crippen LogP contribution in [0.5, 0.6) is 0 Å². The molecule has 2 aliphatic carbocycles. The summed E-state index contributed by atoms with van der Waals surface area (Å²) in [5.41, 5.74) is 2.34. The molecule has 3 aromatic heterocycles. The summed E-state index contributed by atoms with van der Waals surface area (Å²) in [6, 6.07) is 2.29. The molecule has 0 aliphatic heterocycles. The molecule has 0 amide bonds. The monoisotopic (exact) mass is 398 g/mol. The summed E-state index contributed by atoms with van der Waals surface area (Å²) in [5.74, 6) is 0.630. The molecular weight excluding hydrogens is 372 g/mol. The average Bonchev–Trinajstić information content (AvgIpc) is 3.36. The van der Waals surface area contributed by atoms with Crippen LogP contribution in [0.3, 0.4) is 0 Å². The second kappa shape index (κ2) is 7.79. The number of nitrogens with zero attached hydrogens (tertiary/aromatic N) is 3. The highest BCUT2D eigenvalue weighted by molar-refractivity contribution is 7.18. The summed E-state index contributed by atoms with van der Waals surface area (Å²) in [7, 11) is 0. The van der Waals surface area contributed by atoms with Gasteiger partial charge in [-0.2, -0.15) is 0 Å².